The van der Waals surface area contributed by atoms with E-state index in [0.717, 1.165) is 0 Å². The van der Waals surface area contributed by atoms with Crippen molar-refractivity contribution in [2.75, 3.05) is 32.2 Å². The van der Waals surface area contributed by atoms with Crippen molar-refractivity contribution in [3.05, 3.63) is 65.7 Å². The Labute approximate surface area is 173 Å². The quantitative estimate of drug-likeness (QED) is 0.637. The van der Waals surface area contributed by atoms with Crippen molar-refractivity contribution < 1.29 is 19.1 Å². The van der Waals surface area contributed by atoms with E-state index in [1.807, 2.05) is 53.9 Å². The molecule has 0 aliphatic carbocycles. The zero-order valence-corrected chi connectivity index (χ0v) is 17.5. The molecular weight excluding hydrogens is 394 g/mol. The maximum absolute atomic E-state index is 12.4. The van der Waals surface area contributed by atoms with Crippen LogP contribution in [-0.2, 0) is 14.3 Å². The highest BCUT2D eigenvalue weighted by atomic mass is 32.2. The molecule has 1 amide bonds. The molecule has 1 fully saturated rings. The molecule has 0 radical (unpaired) electrons. The van der Waals surface area contributed by atoms with Crippen molar-refractivity contribution in [1.29, 1.82) is 0 Å². The van der Waals surface area contributed by atoms with Crippen molar-refractivity contribution in [2.24, 2.45) is 0 Å². The zero-order valence-electron chi connectivity index (χ0n) is 15.9. The van der Waals surface area contributed by atoms with E-state index in [1.54, 1.807) is 38.4 Å². The minimum Gasteiger partial charge on any atom is -0.482 e. The van der Waals surface area contributed by atoms with Crippen molar-refractivity contribution >= 4 is 35.4 Å². The molecule has 1 aliphatic heterocycles. The number of nitrogens with zero attached hydrogens (tertiary/aromatic N) is 1. The topological polar surface area (TPSA) is 55.8 Å². The van der Waals surface area contributed by atoms with Gasteiger partial charge in [-0.3, -0.25) is 4.79 Å². The Morgan fingerprint density at radius 2 is 1.68 bits per heavy atom. The SMILES string of the molecule is CN(C)C(=O)[C@H](OC(=O)COc1ccc(C2SCCS2)cc1)c1ccccc1. The van der Waals surface area contributed by atoms with Crippen LogP contribution >= 0.6 is 23.5 Å². The van der Waals surface area contributed by atoms with Crippen molar-refractivity contribution in [3.8, 4) is 5.75 Å². The second kappa shape index (κ2) is 9.89. The van der Waals surface area contributed by atoms with E-state index in [2.05, 4.69) is 0 Å². The van der Waals surface area contributed by atoms with Gasteiger partial charge in [0.05, 0.1) is 4.58 Å². The van der Waals surface area contributed by atoms with Crippen molar-refractivity contribution in [3.63, 3.8) is 0 Å². The predicted octanol–water partition coefficient (Wildman–Crippen LogP) is 3.92. The summed E-state index contributed by atoms with van der Waals surface area (Å²) in [4.78, 5) is 26.1. The number of carbonyl (C=O) groups is 2. The summed E-state index contributed by atoms with van der Waals surface area (Å²) >= 11 is 3.88. The zero-order chi connectivity index (χ0) is 19.9. The summed E-state index contributed by atoms with van der Waals surface area (Å²) in [6.45, 7) is -0.254. The van der Waals surface area contributed by atoms with Crippen LogP contribution in [0.15, 0.2) is 54.6 Å². The lowest BCUT2D eigenvalue weighted by molar-refractivity contribution is -0.161. The van der Waals surface area contributed by atoms with Crippen LogP contribution in [0.2, 0.25) is 0 Å². The third kappa shape index (κ3) is 5.45. The fourth-order valence-corrected chi connectivity index (χ4v) is 5.56. The number of benzene rings is 2. The highest BCUT2D eigenvalue weighted by Gasteiger charge is 2.26. The first-order valence-electron chi connectivity index (χ1n) is 8.96. The third-order valence-corrected chi connectivity index (χ3v) is 7.25. The molecule has 0 unspecified atom stereocenters. The average Bonchev–Trinajstić information content (AvgIpc) is 3.26. The standard InChI is InChI=1S/C21H23NO4S2/c1-22(2)20(24)19(15-6-4-3-5-7-15)26-18(23)14-25-17-10-8-16(9-11-17)21-27-12-13-28-21/h3-11,19,21H,12-14H2,1-2H3/t19-/m1/s1. The number of hydrogen-bond donors (Lipinski definition) is 0. The van der Waals surface area contributed by atoms with Gasteiger partial charge in [-0.1, -0.05) is 42.5 Å². The summed E-state index contributed by atoms with van der Waals surface area (Å²) in [5.74, 6) is 2.07. The van der Waals surface area contributed by atoms with Crippen LogP contribution in [-0.4, -0.2) is 49.0 Å². The van der Waals surface area contributed by atoms with Gasteiger partial charge in [-0.2, -0.15) is 0 Å². The first-order valence-corrected chi connectivity index (χ1v) is 11.1. The van der Waals surface area contributed by atoms with Gasteiger partial charge in [-0.25, -0.2) is 4.79 Å². The van der Waals surface area contributed by atoms with E-state index in [0.29, 0.717) is 15.9 Å². The molecule has 0 aromatic heterocycles. The molecule has 0 saturated carbocycles. The molecule has 1 saturated heterocycles. The molecule has 7 heteroatoms. The first kappa shape index (κ1) is 20.6. The van der Waals surface area contributed by atoms with E-state index in [9.17, 15) is 9.59 Å². The van der Waals surface area contributed by atoms with E-state index in [-0.39, 0.29) is 12.5 Å². The fraction of sp³-hybridized carbons (Fsp3) is 0.333. The number of hydrogen-bond acceptors (Lipinski definition) is 6. The Hall–Kier alpha value is -2.12. The van der Waals surface area contributed by atoms with Gasteiger partial charge in [-0.15, -0.1) is 23.5 Å². The van der Waals surface area contributed by atoms with Gasteiger partial charge in [0.2, 0.25) is 6.10 Å². The van der Waals surface area contributed by atoms with Gasteiger partial charge < -0.3 is 14.4 Å². The molecule has 5 nitrogen and oxygen atoms in total. The van der Waals surface area contributed by atoms with E-state index in [1.165, 1.54) is 22.0 Å². The highest BCUT2D eigenvalue weighted by Crippen LogP contribution is 2.45. The summed E-state index contributed by atoms with van der Waals surface area (Å²) in [7, 11) is 3.26. The molecule has 3 rings (SSSR count). The van der Waals surface area contributed by atoms with Crippen LogP contribution in [0.25, 0.3) is 0 Å². The van der Waals surface area contributed by atoms with E-state index >= 15 is 0 Å². The Bertz CT molecular complexity index is 790. The smallest absolute Gasteiger partial charge is 0.345 e. The van der Waals surface area contributed by atoms with Crippen LogP contribution in [0.5, 0.6) is 5.75 Å². The largest absolute Gasteiger partial charge is 0.482 e. The normalized spacial score (nSPS) is 15.1. The van der Waals surface area contributed by atoms with Gasteiger partial charge in [-0.05, 0) is 17.7 Å². The minimum atomic E-state index is -0.980. The molecule has 0 N–H and O–H groups in total. The van der Waals surface area contributed by atoms with E-state index in [4.69, 9.17) is 9.47 Å². The van der Waals surface area contributed by atoms with Crippen LogP contribution in [0.3, 0.4) is 0 Å². The number of ether oxygens (including phenoxy) is 2. The molecule has 0 bridgehead atoms. The Morgan fingerprint density at radius 3 is 2.29 bits per heavy atom. The summed E-state index contributed by atoms with van der Waals surface area (Å²) in [6.07, 6.45) is -0.980. The Morgan fingerprint density at radius 1 is 1.04 bits per heavy atom. The average molecular weight is 418 g/mol. The minimum absolute atomic E-state index is 0.254. The predicted molar refractivity (Wildman–Crippen MR) is 114 cm³/mol. The lowest BCUT2D eigenvalue weighted by atomic mass is 10.1. The molecule has 0 spiro atoms. The number of esters is 1. The lowest BCUT2D eigenvalue weighted by Gasteiger charge is -2.21. The molecule has 1 aliphatic rings. The second-order valence-electron chi connectivity index (χ2n) is 6.44. The summed E-state index contributed by atoms with van der Waals surface area (Å²) < 4.78 is 11.4. The Kier molecular flexibility index (Phi) is 7.28. The number of thioether (sulfide) groups is 2. The molecule has 2 aromatic rings. The summed E-state index contributed by atoms with van der Waals surface area (Å²) in [6, 6.07) is 16.8. The molecule has 2 aromatic carbocycles. The molecule has 28 heavy (non-hydrogen) atoms. The van der Waals surface area contributed by atoms with Crippen LogP contribution in [0.1, 0.15) is 21.8 Å². The Balaban J connectivity index is 1.57. The first-order chi connectivity index (χ1) is 13.5. The fourth-order valence-electron chi connectivity index (χ4n) is 2.70. The van der Waals surface area contributed by atoms with Crippen LogP contribution < -0.4 is 4.74 Å². The van der Waals surface area contributed by atoms with Gasteiger partial charge in [0, 0.05) is 31.2 Å². The number of carbonyl (C=O) groups excluding carboxylic acids is 2. The summed E-state index contributed by atoms with van der Waals surface area (Å²) in [5, 5.41) is 0. The molecule has 1 heterocycles. The molecule has 1 atom stereocenters. The second-order valence-corrected chi connectivity index (χ2v) is 9.17. The highest BCUT2D eigenvalue weighted by molar-refractivity contribution is 8.19. The number of amides is 1. The maximum Gasteiger partial charge on any atom is 0.345 e. The van der Waals surface area contributed by atoms with E-state index < -0.39 is 12.1 Å². The maximum atomic E-state index is 12.4. The number of rotatable bonds is 7. The van der Waals surface area contributed by atoms with Gasteiger partial charge in [0.25, 0.3) is 5.91 Å². The van der Waals surface area contributed by atoms with Gasteiger partial charge in [0.15, 0.2) is 6.61 Å². The monoisotopic (exact) mass is 417 g/mol. The van der Waals surface area contributed by atoms with Gasteiger partial charge in [0.1, 0.15) is 5.75 Å². The van der Waals surface area contributed by atoms with Crippen LogP contribution in [0, 0.1) is 0 Å². The lowest BCUT2D eigenvalue weighted by Crippen LogP contribution is -2.32. The molecular formula is C21H23NO4S2. The summed E-state index contributed by atoms with van der Waals surface area (Å²) in [5.41, 5.74) is 1.88. The molecule has 148 valence electrons. The van der Waals surface area contributed by atoms with Gasteiger partial charge >= 0.3 is 5.97 Å². The number of likely N-dealkylation sites (N-methyl/N-ethyl adjacent to an activating group) is 1. The third-order valence-electron chi connectivity index (χ3n) is 4.15. The van der Waals surface area contributed by atoms with Crippen molar-refractivity contribution in [2.45, 2.75) is 10.7 Å². The van der Waals surface area contributed by atoms with Crippen molar-refractivity contribution in [1.82, 2.24) is 4.90 Å². The van der Waals surface area contributed by atoms with Crippen LogP contribution in [0.4, 0.5) is 0 Å².